The summed E-state index contributed by atoms with van der Waals surface area (Å²) in [5.74, 6) is 0.792. The molecule has 1 aromatic carbocycles. The number of rotatable bonds is 6. The molecule has 0 aliphatic heterocycles. The molecule has 8 nitrogen and oxygen atoms in total. The number of hydrogen-bond acceptors (Lipinski definition) is 7. The second-order valence-corrected chi connectivity index (χ2v) is 6.16. The Morgan fingerprint density at radius 1 is 0.963 bits per heavy atom. The van der Waals surface area contributed by atoms with E-state index < -0.39 is 0 Å². The predicted octanol–water partition coefficient (Wildman–Crippen LogP) is 1.96. The summed E-state index contributed by atoms with van der Waals surface area (Å²) in [5, 5.41) is 12.4. The van der Waals surface area contributed by atoms with Crippen molar-refractivity contribution in [2.75, 3.05) is 11.1 Å². The van der Waals surface area contributed by atoms with E-state index in [1.807, 2.05) is 41.0 Å². The lowest BCUT2D eigenvalue weighted by atomic mass is 10.1. The van der Waals surface area contributed by atoms with Gasteiger partial charge in [-0.3, -0.25) is 4.98 Å². The van der Waals surface area contributed by atoms with Crippen LogP contribution in [0.15, 0.2) is 55.1 Å². The topological polar surface area (TPSA) is 115 Å². The fourth-order valence-electron chi connectivity index (χ4n) is 2.79. The Balaban J connectivity index is 1.59. The summed E-state index contributed by atoms with van der Waals surface area (Å²) in [6, 6.07) is 11.6. The maximum absolute atomic E-state index is 9.16. The fourth-order valence-corrected chi connectivity index (χ4v) is 2.79. The molecule has 4 rings (SSSR count). The molecule has 0 bridgehead atoms. The van der Waals surface area contributed by atoms with Crippen LogP contribution < -0.4 is 11.1 Å². The Labute approximate surface area is 155 Å². The molecule has 0 amide bonds. The van der Waals surface area contributed by atoms with Crippen LogP contribution in [0.3, 0.4) is 0 Å². The van der Waals surface area contributed by atoms with Crippen LogP contribution in [0.25, 0.3) is 11.2 Å². The number of aliphatic hydroxyl groups excluding tert-OH is 1. The van der Waals surface area contributed by atoms with E-state index in [1.165, 1.54) is 0 Å². The van der Waals surface area contributed by atoms with Crippen molar-refractivity contribution in [2.45, 2.75) is 19.7 Å². The minimum atomic E-state index is 0.0323. The Kier molecular flexibility index (Phi) is 4.63. The van der Waals surface area contributed by atoms with Gasteiger partial charge in [0.1, 0.15) is 5.52 Å². The largest absolute Gasteiger partial charge is 0.392 e. The molecule has 0 spiro atoms. The number of nitrogens with one attached hydrogen (secondary N) is 1. The molecule has 4 N–H and O–H groups in total. The van der Waals surface area contributed by atoms with Gasteiger partial charge in [0.2, 0.25) is 5.95 Å². The van der Waals surface area contributed by atoms with Crippen LogP contribution >= 0.6 is 0 Å². The smallest absolute Gasteiger partial charge is 0.227 e. The normalized spacial score (nSPS) is 11.0. The van der Waals surface area contributed by atoms with Crippen LogP contribution in [-0.4, -0.2) is 29.6 Å². The van der Waals surface area contributed by atoms with Crippen LogP contribution in [0.2, 0.25) is 0 Å². The third-order valence-corrected chi connectivity index (χ3v) is 4.25. The van der Waals surface area contributed by atoms with Crippen molar-refractivity contribution in [3.63, 3.8) is 0 Å². The van der Waals surface area contributed by atoms with Gasteiger partial charge >= 0.3 is 0 Å². The van der Waals surface area contributed by atoms with Crippen molar-refractivity contribution in [3.8, 4) is 0 Å². The second-order valence-electron chi connectivity index (χ2n) is 6.16. The number of anilines is 2. The molecule has 3 aromatic heterocycles. The maximum Gasteiger partial charge on any atom is 0.227 e. The molecular formula is C19H19N7O. The zero-order chi connectivity index (χ0) is 18.6. The van der Waals surface area contributed by atoms with E-state index in [-0.39, 0.29) is 6.61 Å². The highest BCUT2D eigenvalue weighted by Gasteiger charge is 2.11. The number of nitrogens with two attached hydrogens (primary N) is 1. The highest BCUT2D eigenvalue weighted by Crippen LogP contribution is 2.20. The fraction of sp³-hybridized carbons (Fsp3) is 0.158. The first-order valence-corrected chi connectivity index (χ1v) is 8.53. The number of aliphatic hydroxyl groups is 1. The van der Waals surface area contributed by atoms with Crippen molar-refractivity contribution in [3.05, 3.63) is 71.8 Å². The Morgan fingerprint density at radius 2 is 1.70 bits per heavy atom. The number of aromatic nitrogens is 5. The summed E-state index contributed by atoms with van der Waals surface area (Å²) in [6.45, 7) is 1.21. The number of hydrogen-bond donors (Lipinski definition) is 3. The first-order valence-electron chi connectivity index (χ1n) is 8.53. The highest BCUT2D eigenvalue weighted by atomic mass is 16.3. The molecular weight excluding hydrogens is 342 g/mol. The number of benzene rings is 1. The molecule has 0 aliphatic carbocycles. The minimum Gasteiger partial charge on any atom is -0.392 e. The Morgan fingerprint density at radius 3 is 2.44 bits per heavy atom. The molecule has 0 saturated heterocycles. The van der Waals surface area contributed by atoms with Crippen LogP contribution in [-0.2, 0) is 19.7 Å². The van der Waals surface area contributed by atoms with E-state index in [0.29, 0.717) is 36.0 Å². The lowest BCUT2D eigenvalue weighted by molar-refractivity contribution is 0.282. The third kappa shape index (κ3) is 3.70. The van der Waals surface area contributed by atoms with Gasteiger partial charge in [-0.15, -0.1) is 0 Å². The summed E-state index contributed by atoms with van der Waals surface area (Å²) >= 11 is 0. The summed E-state index contributed by atoms with van der Waals surface area (Å²) in [4.78, 5) is 17.2. The molecule has 4 aromatic rings. The van der Waals surface area contributed by atoms with Crippen molar-refractivity contribution in [1.82, 2.24) is 24.5 Å². The van der Waals surface area contributed by atoms with Gasteiger partial charge < -0.3 is 20.7 Å². The highest BCUT2D eigenvalue weighted by molar-refractivity contribution is 5.82. The number of nitrogens with zero attached hydrogens (tertiary/aromatic N) is 5. The zero-order valence-corrected chi connectivity index (χ0v) is 14.6. The molecule has 0 unspecified atom stereocenters. The predicted molar refractivity (Wildman–Crippen MR) is 103 cm³/mol. The van der Waals surface area contributed by atoms with Crippen molar-refractivity contribution in [1.29, 1.82) is 0 Å². The lowest BCUT2D eigenvalue weighted by Gasteiger charge is -2.08. The van der Waals surface area contributed by atoms with Gasteiger partial charge in [0.05, 0.1) is 19.5 Å². The molecule has 0 atom stereocenters. The monoisotopic (exact) mass is 361 g/mol. The van der Waals surface area contributed by atoms with Crippen LogP contribution in [0.5, 0.6) is 0 Å². The average molecular weight is 361 g/mol. The zero-order valence-electron chi connectivity index (χ0n) is 14.6. The first-order chi connectivity index (χ1) is 13.2. The molecule has 0 radical (unpaired) electrons. The van der Waals surface area contributed by atoms with E-state index in [4.69, 9.17) is 10.8 Å². The number of fused-ring (bicyclic) bond motifs is 1. The first kappa shape index (κ1) is 16.9. The SMILES string of the molecule is Nc1nc(NCc2ccncc2)nc2c1ncn2Cc1ccc(CO)cc1. The van der Waals surface area contributed by atoms with Crippen molar-refractivity contribution >= 4 is 22.9 Å². The van der Waals surface area contributed by atoms with Crippen molar-refractivity contribution in [2.24, 2.45) is 0 Å². The molecule has 0 aliphatic rings. The van der Waals surface area contributed by atoms with Gasteiger partial charge in [-0.1, -0.05) is 24.3 Å². The van der Waals surface area contributed by atoms with Gasteiger partial charge in [0.15, 0.2) is 11.5 Å². The van der Waals surface area contributed by atoms with Gasteiger partial charge in [0, 0.05) is 18.9 Å². The number of pyridine rings is 1. The Bertz CT molecular complexity index is 1050. The van der Waals surface area contributed by atoms with Crippen LogP contribution in [0, 0.1) is 0 Å². The van der Waals surface area contributed by atoms with E-state index in [0.717, 1.165) is 16.7 Å². The van der Waals surface area contributed by atoms with E-state index >= 15 is 0 Å². The lowest BCUT2D eigenvalue weighted by Crippen LogP contribution is -2.07. The average Bonchev–Trinajstić information content (AvgIpc) is 3.11. The van der Waals surface area contributed by atoms with Crippen molar-refractivity contribution < 1.29 is 5.11 Å². The second kappa shape index (κ2) is 7.38. The van der Waals surface area contributed by atoms with Crippen LogP contribution in [0.1, 0.15) is 16.7 Å². The molecule has 27 heavy (non-hydrogen) atoms. The summed E-state index contributed by atoms with van der Waals surface area (Å²) < 4.78 is 1.93. The third-order valence-electron chi connectivity index (χ3n) is 4.25. The molecule has 136 valence electrons. The number of nitrogen functional groups attached to an aromatic ring is 1. The quantitative estimate of drug-likeness (QED) is 0.481. The molecule has 3 heterocycles. The van der Waals surface area contributed by atoms with Gasteiger partial charge in [-0.25, -0.2) is 4.98 Å². The molecule has 8 heteroatoms. The summed E-state index contributed by atoms with van der Waals surface area (Å²) in [6.07, 6.45) is 5.20. The Hall–Kier alpha value is -3.52. The standard InChI is InChI=1S/C19H19N7O/c20-17-16-18(25-19(24-17)22-9-13-5-7-21-8-6-13)26(12-23-16)10-14-1-3-15(11-27)4-2-14/h1-8,12,27H,9-11H2,(H3,20,22,24,25). The summed E-state index contributed by atoms with van der Waals surface area (Å²) in [7, 11) is 0. The summed E-state index contributed by atoms with van der Waals surface area (Å²) in [5.41, 5.74) is 10.3. The van der Waals surface area contributed by atoms with E-state index in [2.05, 4.69) is 25.3 Å². The van der Waals surface area contributed by atoms with E-state index in [1.54, 1.807) is 18.7 Å². The maximum atomic E-state index is 9.16. The van der Waals surface area contributed by atoms with Gasteiger partial charge in [-0.05, 0) is 28.8 Å². The molecule has 0 fully saturated rings. The van der Waals surface area contributed by atoms with Gasteiger partial charge in [-0.2, -0.15) is 9.97 Å². The number of imidazole rings is 1. The van der Waals surface area contributed by atoms with Gasteiger partial charge in [0.25, 0.3) is 0 Å². The van der Waals surface area contributed by atoms with E-state index in [9.17, 15) is 0 Å². The molecule has 0 saturated carbocycles. The minimum absolute atomic E-state index is 0.0323. The van der Waals surface area contributed by atoms with Crippen LogP contribution in [0.4, 0.5) is 11.8 Å².